The van der Waals surface area contributed by atoms with Gasteiger partial charge in [0.25, 0.3) is 0 Å². The highest BCUT2D eigenvalue weighted by Crippen LogP contribution is 2.21. The first-order chi connectivity index (χ1) is 12.5. The van der Waals surface area contributed by atoms with Crippen molar-refractivity contribution in [2.45, 2.75) is 83.3 Å². The van der Waals surface area contributed by atoms with E-state index < -0.39 is 18.2 Å². The van der Waals surface area contributed by atoms with Gasteiger partial charge in [-0.2, -0.15) is 0 Å². The number of hydrogen-bond donors (Lipinski definition) is 3. The molecule has 4 heteroatoms. The number of aliphatic hydroxyl groups is 2. The zero-order valence-corrected chi connectivity index (χ0v) is 15.9. The molecule has 2 atom stereocenters. The van der Waals surface area contributed by atoms with E-state index in [1.165, 1.54) is 32.1 Å². The minimum absolute atomic E-state index is 0.0707. The van der Waals surface area contributed by atoms with E-state index in [0.29, 0.717) is 12.8 Å². The molecule has 0 heterocycles. The van der Waals surface area contributed by atoms with E-state index in [4.69, 9.17) is 5.11 Å². The van der Waals surface area contributed by atoms with Crippen molar-refractivity contribution in [1.29, 1.82) is 0 Å². The Kier molecular flexibility index (Phi) is 11.7. The van der Waals surface area contributed by atoms with E-state index in [2.05, 4.69) is 6.92 Å². The van der Waals surface area contributed by atoms with Gasteiger partial charge in [0, 0.05) is 6.42 Å². The third kappa shape index (κ3) is 10.4. The van der Waals surface area contributed by atoms with Crippen LogP contribution in [-0.2, 0) is 4.79 Å². The van der Waals surface area contributed by atoms with Crippen molar-refractivity contribution in [2.24, 2.45) is 0 Å². The summed E-state index contributed by atoms with van der Waals surface area (Å²) in [5.74, 6) is -0.840. The molecule has 146 valence electrons. The zero-order chi connectivity index (χ0) is 19.2. The van der Waals surface area contributed by atoms with E-state index in [0.717, 1.165) is 24.0 Å². The van der Waals surface area contributed by atoms with Crippen molar-refractivity contribution in [1.82, 2.24) is 0 Å². The van der Waals surface area contributed by atoms with Gasteiger partial charge in [-0.05, 0) is 36.5 Å². The molecule has 0 saturated heterocycles. The molecule has 26 heavy (non-hydrogen) atoms. The van der Waals surface area contributed by atoms with Gasteiger partial charge < -0.3 is 15.3 Å². The lowest BCUT2D eigenvalue weighted by Crippen LogP contribution is -2.02. The summed E-state index contributed by atoms with van der Waals surface area (Å²) in [5, 5.41) is 28.9. The van der Waals surface area contributed by atoms with Gasteiger partial charge >= 0.3 is 5.97 Å². The van der Waals surface area contributed by atoms with Crippen molar-refractivity contribution in [2.75, 3.05) is 0 Å². The van der Waals surface area contributed by atoms with Crippen molar-refractivity contribution in [3.8, 4) is 0 Å². The number of rotatable bonds is 14. The SMILES string of the molecule is CCCCCCCC[C@H](O)/C=C/c1cccc([C@@H](O)CCCC(=O)O)c1. The molecule has 0 bridgehead atoms. The summed E-state index contributed by atoms with van der Waals surface area (Å²) in [7, 11) is 0. The van der Waals surface area contributed by atoms with Crippen LogP contribution in [0.3, 0.4) is 0 Å². The molecular weight excluding hydrogens is 328 g/mol. The maximum Gasteiger partial charge on any atom is 0.303 e. The molecule has 4 nitrogen and oxygen atoms in total. The number of carbonyl (C=O) groups is 1. The Morgan fingerprint density at radius 1 is 1.04 bits per heavy atom. The molecule has 0 radical (unpaired) electrons. The molecule has 0 aliphatic rings. The summed E-state index contributed by atoms with van der Waals surface area (Å²) in [4.78, 5) is 10.5. The highest BCUT2D eigenvalue weighted by Gasteiger charge is 2.09. The summed E-state index contributed by atoms with van der Waals surface area (Å²) in [6.45, 7) is 2.21. The molecule has 1 aromatic rings. The number of aliphatic carboxylic acids is 1. The minimum Gasteiger partial charge on any atom is -0.481 e. The second-order valence-electron chi connectivity index (χ2n) is 6.95. The lowest BCUT2D eigenvalue weighted by molar-refractivity contribution is -0.137. The predicted molar refractivity (Wildman–Crippen MR) is 106 cm³/mol. The van der Waals surface area contributed by atoms with Crippen LogP contribution >= 0.6 is 0 Å². The van der Waals surface area contributed by atoms with Gasteiger partial charge in [-0.25, -0.2) is 0 Å². The summed E-state index contributed by atoms with van der Waals surface area (Å²) >= 11 is 0. The lowest BCUT2D eigenvalue weighted by atomic mass is 10.0. The summed E-state index contributed by atoms with van der Waals surface area (Å²) in [6.07, 6.45) is 11.6. The molecule has 0 saturated carbocycles. The van der Waals surface area contributed by atoms with Gasteiger partial charge in [-0.3, -0.25) is 4.79 Å². The molecule has 0 fully saturated rings. The number of hydrogen-bond acceptors (Lipinski definition) is 3. The van der Waals surface area contributed by atoms with E-state index in [1.54, 1.807) is 0 Å². The van der Waals surface area contributed by atoms with Crippen LogP contribution in [-0.4, -0.2) is 27.4 Å². The van der Waals surface area contributed by atoms with Crippen LogP contribution in [0, 0.1) is 0 Å². The molecule has 0 unspecified atom stereocenters. The fourth-order valence-electron chi connectivity index (χ4n) is 2.94. The molecule has 0 amide bonds. The first kappa shape index (κ1) is 22.4. The third-order valence-electron chi connectivity index (χ3n) is 4.53. The Labute approximate surface area is 157 Å². The fraction of sp³-hybridized carbons (Fsp3) is 0.591. The topological polar surface area (TPSA) is 77.8 Å². The minimum atomic E-state index is -0.840. The first-order valence-electron chi connectivity index (χ1n) is 9.89. The van der Waals surface area contributed by atoms with Gasteiger partial charge in [0.15, 0.2) is 0 Å². The Bertz CT molecular complexity index is 539. The van der Waals surface area contributed by atoms with Crippen LogP contribution in [0.25, 0.3) is 6.08 Å². The standard InChI is InChI=1S/C22H34O4/c1-2-3-4-5-6-7-12-20(23)16-15-18-10-8-11-19(17-18)21(24)13-9-14-22(25)26/h8,10-11,15-17,20-21,23-24H,2-7,9,12-14H2,1H3,(H,25,26)/b16-15+/t20-,21-/m0/s1. The van der Waals surface area contributed by atoms with Crippen LogP contribution in [0.4, 0.5) is 0 Å². The molecule has 0 spiro atoms. The molecule has 1 aromatic carbocycles. The Morgan fingerprint density at radius 2 is 1.77 bits per heavy atom. The van der Waals surface area contributed by atoms with E-state index in [1.807, 2.05) is 36.4 Å². The van der Waals surface area contributed by atoms with Crippen molar-refractivity contribution in [3.63, 3.8) is 0 Å². The molecule has 0 aromatic heterocycles. The number of benzene rings is 1. The number of carboxylic acid groups (broad SMARTS) is 1. The third-order valence-corrected chi connectivity index (χ3v) is 4.53. The average Bonchev–Trinajstić information content (AvgIpc) is 2.62. The highest BCUT2D eigenvalue weighted by molar-refractivity contribution is 5.66. The number of aliphatic hydroxyl groups excluding tert-OH is 2. The van der Waals surface area contributed by atoms with Crippen LogP contribution < -0.4 is 0 Å². The second-order valence-corrected chi connectivity index (χ2v) is 6.95. The van der Waals surface area contributed by atoms with E-state index in [-0.39, 0.29) is 6.42 Å². The molecule has 3 N–H and O–H groups in total. The normalized spacial score (nSPS) is 13.8. The van der Waals surface area contributed by atoms with Gasteiger partial charge in [-0.15, -0.1) is 0 Å². The van der Waals surface area contributed by atoms with Gasteiger partial charge in [0.05, 0.1) is 12.2 Å². The van der Waals surface area contributed by atoms with Crippen LogP contribution in [0.2, 0.25) is 0 Å². The van der Waals surface area contributed by atoms with Gasteiger partial charge in [0.1, 0.15) is 0 Å². The van der Waals surface area contributed by atoms with Crippen LogP contribution in [0.15, 0.2) is 30.3 Å². The van der Waals surface area contributed by atoms with Gasteiger partial charge in [-0.1, -0.05) is 75.8 Å². The maximum absolute atomic E-state index is 10.5. The quantitative estimate of drug-likeness (QED) is 0.402. The van der Waals surface area contributed by atoms with Crippen LogP contribution in [0.5, 0.6) is 0 Å². The van der Waals surface area contributed by atoms with E-state index in [9.17, 15) is 15.0 Å². The fourth-order valence-corrected chi connectivity index (χ4v) is 2.94. The smallest absolute Gasteiger partial charge is 0.303 e. The monoisotopic (exact) mass is 362 g/mol. The van der Waals surface area contributed by atoms with Crippen molar-refractivity contribution < 1.29 is 20.1 Å². The average molecular weight is 363 g/mol. The van der Waals surface area contributed by atoms with E-state index >= 15 is 0 Å². The second kappa shape index (κ2) is 13.5. The summed E-state index contributed by atoms with van der Waals surface area (Å²) in [6, 6.07) is 7.53. The van der Waals surface area contributed by atoms with Crippen LogP contribution in [0.1, 0.15) is 88.4 Å². The predicted octanol–water partition coefficient (Wildman–Crippen LogP) is 5.10. The Balaban J connectivity index is 2.39. The van der Waals surface area contributed by atoms with Gasteiger partial charge in [0.2, 0.25) is 0 Å². The summed E-state index contributed by atoms with van der Waals surface area (Å²) < 4.78 is 0. The number of carboxylic acids is 1. The Morgan fingerprint density at radius 3 is 2.50 bits per heavy atom. The van der Waals surface area contributed by atoms with Crippen molar-refractivity contribution >= 4 is 12.0 Å². The number of unbranched alkanes of at least 4 members (excludes halogenated alkanes) is 5. The lowest BCUT2D eigenvalue weighted by Gasteiger charge is -2.11. The maximum atomic E-state index is 10.5. The first-order valence-corrected chi connectivity index (χ1v) is 9.89. The van der Waals surface area contributed by atoms with Crippen molar-refractivity contribution in [3.05, 3.63) is 41.5 Å². The molecule has 0 aliphatic heterocycles. The molecule has 0 aliphatic carbocycles. The molecule has 1 rings (SSSR count). The summed E-state index contributed by atoms with van der Waals surface area (Å²) in [5.41, 5.74) is 1.71. The highest BCUT2D eigenvalue weighted by atomic mass is 16.4. The zero-order valence-electron chi connectivity index (χ0n) is 15.9. The molecular formula is C22H34O4. The Hall–Kier alpha value is -1.65. The largest absolute Gasteiger partial charge is 0.481 e.